The van der Waals surface area contributed by atoms with Crippen molar-refractivity contribution in [2.24, 2.45) is 0 Å². The minimum Gasteiger partial charge on any atom is -0.279 e. The second-order valence-electron chi connectivity index (χ2n) is 7.27. The third-order valence-electron chi connectivity index (χ3n) is 4.62. The van der Waals surface area contributed by atoms with Gasteiger partial charge in [-0.2, -0.15) is 57.5 Å². The molecule has 0 aromatic heterocycles. The fraction of sp³-hybridized carbons (Fsp3) is 0.0714. The van der Waals surface area contributed by atoms with Crippen LogP contribution in [-0.2, 0) is 37.0 Å². The van der Waals surface area contributed by atoms with E-state index in [1.165, 1.54) is 21.5 Å². The summed E-state index contributed by atoms with van der Waals surface area (Å²) in [7, 11) is -6.72. The van der Waals surface area contributed by atoms with Crippen LogP contribution in [-0.4, -0.2) is 18.5 Å². The molecule has 9 heteroatoms. The van der Waals surface area contributed by atoms with Crippen molar-refractivity contribution in [3.05, 3.63) is 140 Å². The Labute approximate surface area is 231 Å². The zero-order chi connectivity index (χ0) is 26.4. The van der Waals surface area contributed by atoms with Gasteiger partial charge in [0.25, 0.3) is 0 Å². The van der Waals surface area contributed by atoms with E-state index >= 15 is 0 Å². The molecule has 4 aromatic carbocycles. The van der Waals surface area contributed by atoms with Gasteiger partial charge in [0.15, 0.2) is 0 Å². The number of benzene rings is 4. The first-order valence-corrected chi connectivity index (χ1v) is 13.7. The van der Waals surface area contributed by atoms with Crippen molar-refractivity contribution in [1.29, 1.82) is 0 Å². The van der Waals surface area contributed by atoms with Crippen LogP contribution in [0, 0.1) is 6.07 Å². The SMILES string of the molecule is C=CCc1[c-]cccc1.O=S(=O)(O)C(F)(F)F.[Pd].c1ccc([PH+](c2ccccc2)c2ccccc2)cc1. The molecule has 1 N–H and O–H groups in total. The van der Waals surface area contributed by atoms with Crippen molar-refractivity contribution in [2.45, 2.75) is 11.9 Å². The number of alkyl halides is 3. The summed E-state index contributed by atoms with van der Waals surface area (Å²) >= 11 is 0. The molecule has 0 saturated heterocycles. The van der Waals surface area contributed by atoms with Gasteiger partial charge < -0.3 is 0 Å². The molecule has 0 aliphatic rings. The van der Waals surface area contributed by atoms with Gasteiger partial charge in [0.05, 0.1) is 7.92 Å². The Hall–Kier alpha value is -2.59. The molecular weight excluding hydrogens is 611 g/mol. The average molecular weight is 637 g/mol. The summed E-state index contributed by atoms with van der Waals surface area (Å²) in [5.74, 6) is 0. The van der Waals surface area contributed by atoms with Gasteiger partial charge >= 0.3 is 15.6 Å². The number of allylic oxidation sites excluding steroid dienone is 1. The van der Waals surface area contributed by atoms with Gasteiger partial charge in [0.1, 0.15) is 15.9 Å². The second-order valence-corrected chi connectivity index (χ2v) is 11.2. The zero-order valence-corrected chi connectivity index (χ0v) is 23.0. The fourth-order valence-corrected chi connectivity index (χ4v) is 5.60. The monoisotopic (exact) mass is 636 g/mol. The molecular formula is C28H26F3O3PPdS. The molecule has 0 saturated carbocycles. The molecule has 0 amide bonds. The third-order valence-corrected chi connectivity index (χ3v) is 7.93. The van der Waals surface area contributed by atoms with E-state index in [2.05, 4.69) is 104 Å². The average Bonchev–Trinajstić information content (AvgIpc) is 2.87. The molecule has 0 heterocycles. The molecule has 0 aliphatic carbocycles. The molecule has 0 fully saturated rings. The molecule has 0 spiro atoms. The smallest absolute Gasteiger partial charge is 0.279 e. The van der Waals surface area contributed by atoms with E-state index < -0.39 is 23.5 Å². The largest absolute Gasteiger partial charge is 0.522 e. The van der Waals surface area contributed by atoms with Crippen molar-refractivity contribution in [1.82, 2.24) is 0 Å². The van der Waals surface area contributed by atoms with Gasteiger partial charge in [-0.25, -0.2) is 0 Å². The van der Waals surface area contributed by atoms with E-state index in [0.717, 1.165) is 6.42 Å². The van der Waals surface area contributed by atoms with E-state index in [-0.39, 0.29) is 20.4 Å². The standard InChI is InChI=1S/C18H15P.C9H9.CHF3O3S.Pd/c1-4-10-16(11-5-1)19(17-12-6-2-7-13-17)18-14-8-3-9-15-18;1-2-6-9-7-4-3-5-8-9;2-1(3,4)8(5,6)7;/h1-15H;2-5,7H,1,6H2;(H,5,6,7);/q;-1;;/p+1. The maximum absolute atomic E-state index is 10.7. The van der Waals surface area contributed by atoms with Crippen LogP contribution in [0.4, 0.5) is 13.2 Å². The minimum absolute atomic E-state index is 0. The van der Waals surface area contributed by atoms with Gasteiger partial charge in [-0.3, -0.25) is 4.55 Å². The van der Waals surface area contributed by atoms with Gasteiger partial charge in [0.2, 0.25) is 0 Å². The first kappa shape index (κ1) is 32.4. The van der Waals surface area contributed by atoms with Crippen molar-refractivity contribution in [2.75, 3.05) is 0 Å². The molecule has 0 atom stereocenters. The van der Waals surface area contributed by atoms with E-state index in [1.54, 1.807) is 0 Å². The van der Waals surface area contributed by atoms with Crippen molar-refractivity contribution in [3.8, 4) is 0 Å². The van der Waals surface area contributed by atoms with Crippen LogP contribution in [0.2, 0.25) is 0 Å². The van der Waals surface area contributed by atoms with Gasteiger partial charge in [-0.15, -0.1) is 6.58 Å². The number of halogens is 3. The number of rotatable bonds is 5. The van der Waals surface area contributed by atoms with Crippen LogP contribution in [0.15, 0.2) is 128 Å². The molecule has 0 bridgehead atoms. The Bertz CT molecular complexity index is 1180. The summed E-state index contributed by atoms with van der Waals surface area (Å²) in [4.78, 5) is 0. The van der Waals surface area contributed by atoms with Crippen molar-refractivity contribution >= 4 is 34.0 Å². The molecule has 0 unspecified atom stereocenters. The summed E-state index contributed by atoms with van der Waals surface area (Å²) in [6, 6.07) is 43.5. The molecule has 4 rings (SSSR count). The molecule has 0 radical (unpaired) electrons. The summed E-state index contributed by atoms with van der Waals surface area (Å²) < 4.78 is 57.5. The Balaban J connectivity index is 0.000000320. The third kappa shape index (κ3) is 11.6. The van der Waals surface area contributed by atoms with Crippen LogP contribution in [0.1, 0.15) is 5.56 Å². The van der Waals surface area contributed by atoms with Crippen LogP contribution in [0.5, 0.6) is 0 Å². The summed E-state index contributed by atoms with van der Waals surface area (Å²) in [6.45, 7) is 3.64. The molecule has 37 heavy (non-hydrogen) atoms. The van der Waals surface area contributed by atoms with Crippen molar-refractivity contribution < 1.29 is 46.6 Å². The molecule has 198 valence electrons. The normalized spacial score (nSPS) is 10.6. The summed E-state index contributed by atoms with van der Waals surface area (Å²) in [5, 5.41) is 4.31. The van der Waals surface area contributed by atoms with E-state index in [9.17, 15) is 13.2 Å². The fourth-order valence-electron chi connectivity index (χ4n) is 3.03. The maximum atomic E-state index is 10.7. The Morgan fingerprint density at radius 2 is 1.11 bits per heavy atom. The minimum atomic E-state index is -5.84. The first-order chi connectivity index (χ1) is 17.1. The number of hydrogen-bond acceptors (Lipinski definition) is 2. The van der Waals surface area contributed by atoms with Crippen LogP contribution in [0.3, 0.4) is 0 Å². The first-order valence-electron chi connectivity index (χ1n) is 10.8. The predicted molar refractivity (Wildman–Crippen MR) is 143 cm³/mol. The maximum Gasteiger partial charge on any atom is 0.522 e. The van der Waals surface area contributed by atoms with Crippen LogP contribution in [0.25, 0.3) is 0 Å². The van der Waals surface area contributed by atoms with Gasteiger partial charge in [-0.05, 0) is 42.8 Å². The summed E-state index contributed by atoms with van der Waals surface area (Å²) in [5.41, 5.74) is -4.33. The second kappa shape index (κ2) is 16.3. The quantitative estimate of drug-likeness (QED) is 0.0755. The predicted octanol–water partition coefficient (Wildman–Crippen LogP) is 5.78. The van der Waals surface area contributed by atoms with E-state index in [4.69, 9.17) is 13.0 Å². The topological polar surface area (TPSA) is 54.4 Å². The van der Waals surface area contributed by atoms with E-state index in [1.807, 2.05) is 30.3 Å². The summed E-state index contributed by atoms with van der Waals surface area (Å²) in [6.07, 6.45) is 2.80. The molecule has 0 aliphatic heterocycles. The van der Waals surface area contributed by atoms with E-state index in [0.29, 0.717) is 0 Å². The Morgan fingerprint density at radius 3 is 1.38 bits per heavy atom. The number of hydrogen-bond donors (Lipinski definition) is 1. The Morgan fingerprint density at radius 1 is 0.757 bits per heavy atom. The van der Waals surface area contributed by atoms with Crippen LogP contribution >= 0.6 is 7.92 Å². The van der Waals surface area contributed by atoms with Crippen molar-refractivity contribution in [3.63, 3.8) is 0 Å². The molecule has 4 aromatic rings. The molecule has 3 nitrogen and oxygen atoms in total. The van der Waals surface area contributed by atoms with Crippen LogP contribution < -0.4 is 15.9 Å². The Kier molecular flexibility index (Phi) is 14.3. The van der Waals surface area contributed by atoms with Gasteiger partial charge in [-0.1, -0.05) is 60.7 Å². The zero-order valence-electron chi connectivity index (χ0n) is 19.6. The van der Waals surface area contributed by atoms with Gasteiger partial charge in [0, 0.05) is 20.4 Å².